The first-order valence-electron chi connectivity index (χ1n) is 7.75. The highest BCUT2D eigenvalue weighted by molar-refractivity contribution is 5.76. The van der Waals surface area contributed by atoms with Crippen molar-refractivity contribution in [2.24, 2.45) is 0 Å². The molecule has 1 fully saturated rings. The zero-order chi connectivity index (χ0) is 14.4. The topological polar surface area (TPSA) is 32.3 Å². The van der Waals surface area contributed by atoms with Crippen molar-refractivity contribution >= 4 is 5.91 Å². The third-order valence-corrected chi connectivity index (χ3v) is 4.09. The molecule has 0 spiro atoms. The quantitative estimate of drug-likeness (QED) is 0.864. The van der Waals surface area contributed by atoms with Gasteiger partial charge in [0, 0.05) is 25.6 Å². The summed E-state index contributed by atoms with van der Waals surface area (Å²) in [6.45, 7) is 6.93. The van der Waals surface area contributed by atoms with Crippen molar-refractivity contribution in [2.45, 2.75) is 45.6 Å². The van der Waals surface area contributed by atoms with Crippen molar-refractivity contribution in [3.63, 3.8) is 0 Å². The van der Waals surface area contributed by atoms with Gasteiger partial charge in [-0.15, -0.1) is 0 Å². The molecule has 1 aromatic carbocycles. The molecule has 0 bridgehead atoms. The predicted octanol–water partition coefficient (Wildman–Crippen LogP) is 2.53. The normalized spacial score (nSPS) is 18.2. The molecule has 1 aliphatic rings. The molecule has 2 rings (SSSR count). The van der Waals surface area contributed by atoms with Gasteiger partial charge in [-0.2, -0.15) is 0 Å². The second-order valence-corrected chi connectivity index (χ2v) is 5.71. The number of hydrogen-bond acceptors (Lipinski definition) is 2. The van der Waals surface area contributed by atoms with Gasteiger partial charge in [-0.25, -0.2) is 0 Å². The summed E-state index contributed by atoms with van der Waals surface area (Å²) in [6.07, 6.45) is 3.89. The van der Waals surface area contributed by atoms with Crippen LogP contribution in [0.5, 0.6) is 0 Å². The lowest BCUT2D eigenvalue weighted by molar-refractivity contribution is -0.131. The highest BCUT2D eigenvalue weighted by Gasteiger charge is 2.20. The summed E-state index contributed by atoms with van der Waals surface area (Å²) in [5, 5.41) is 3.46. The minimum Gasteiger partial charge on any atom is -0.341 e. The zero-order valence-corrected chi connectivity index (χ0v) is 12.7. The van der Waals surface area contributed by atoms with Gasteiger partial charge in [0.2, 0.25) is 5.91 Å². The minimum absolute atomic E-state index is 0.279. The molecule has 0 saturated carbocycles. The SMILES string of the molecule is CCN(CC1CCCN1)C(=O)CCc1ccc(C)cc1. The standard InChI is InChI=1S/C17H26N2O/c1-3-19(13-16-5-4-12-18-16)17(20)11-10-15-8-6-14(2)7-9-15/h6-9,16,18H,3-5,10-13H2,1-2H3. The van der Waals surface area contributed by atoms with Gasteiger partial charge in [0.25, 0.3) is 0 Å². The molecule has 110 valence electrons. The van der Waals surface area contributed by atoms with Crippen molar-refractivity contribution in [3.8, 4) is 0 Å². The molecule has 3 nitrogen and oxygen atoms in total. The number of amides is 1. The Morgan fingerprint density at radius 3 is 2.70 bits per heavy atom. The third-order valence-electron chi connectivity index (χ3n) is 4.09. The third kappa shape index (κ3) is 4.34. The van der Waals surface area contributed by atoms with Crippen LogP contribution in [0.25, 0.3) is 0 Å². The van der Waals surface area contributed by atoms with E-state index in [0.717, 1.165) is 26.1 Å². The Morgan fingerprint density at radius 2 is 2.10 bits per heavy atom. The Morgan fingerprint density at radius 1 is 1.35 bits per heavy atom. The fraction of sp³-hybridized carbons (Fsp3) is 0.588. The van der Waals surface area contributed by atoms with Crippen molar-refractivity contribution in [2.75, 3.05) is 19.6 Å². The summed E-state index contributed by atoms with van der Waals surface area (Å²) in [4.78, 5) is 14.3. The van der Waals surface area contributed by atoms with Gasteiger partial charge in [0.15, 0.2) is 0 Å². The zero-order valence-electron chi connectivity index (χ0n) is 12.7. The monoisotopic (exact) mass is 274 g/mol. The highest BCUT2D eigenvalue weighted by Crippen LogP contribution is 2.10. The average molecular weight is 274 g/mol. The number of likely N-dealkylation sites (N-methyl/N-ethyl adjacent to an activating group) is 1. The van der Waals surface area contributed by atoms with Crippen LogP contribution in [-0.4, -0.2) is 36.5 Å². The summed E-state index contributed by atoms with van der Waals surface area (Å²) in [5.74, 6) is 0.279. The summed E-state index contributed by atoms with van der Waals surface area (Å²) in [6, 6.07) is 8.97. The van der Waals surface area contributed by atoms with Gasteiger partial charge < -0.3 is 10.2 Å². The maximum absolute atomic E-state index is 12.3. The van der Waals surface area contributed by atoms with Crippen molar-refractivity contribution in [1.82, 2.24) is 10.2 Å². The number of carbonyl (C=O) groups is 1. The van der Waals surface area contributed by atoms with Crippen molar-refractivity contribution in [3.05, 3.63) is 35.4 Å². The van der Waals surface area contributed by atoms with E-state index >= 15 is 0 Å². The molecular weight excluding hydrogens is 248 g/mol. The van der Waals surface area contributed by atoms with Crippen LogP contribution in [0, 0.1) is 6.92 Å². The van der Waals surface area contributed by atoms with Crippen LogP contribution in [0.2, 0.25) is 0 Å². The molecule has 1 amide bonds. The Bertz CT molecular complexity index is 421. The average Bonchev–Trinajstić information content (AvgIpc) is 2.97. The summed E-state index contributed by atoms with van der Waals surface area (Å²) < 4.78 is 0. The van der Waals surface area contributed by atoms with E-state index < -0.39 is 0 Å². The van der Waals surface area contributed by atoms with E-state index in [4.69, 9.17) is 0 Å². The second-order valence-electron chi connectivity index (χ2n) is 5.71. The number of rotatable bonds is 6. The molecule has 1 atom stereocenters. The lowest BCUT2D eigenvalue weighted by Gasteiger charge is -2.24. The van der Waals surface area contributed by atoms with Crippen LogP contribution in [-0.2, 0) is 11.2 Å². The second kappa shape index (κ2) is 7.44. The number of aryl methyl sites for hydroxylation is 2. The fourth-order valence-corrected chi connectivity index (χ4v) is 2.75. The first-order chi connectivity index (χ1) is 9.69. The first-order valence-corrected chi connectivity index (χ1v) is 7.75. The van der Waals surface area contributed by atoms with E-state index in [1.165, 1.54) is 24.0 Å². The molecule has 0 aromatic heterocycles. The van der Waals surface area contributed by atoms with Gasteiger partial charge in [-0.05, 0) is 45.2 Å². The summed E-state index contributed by atoms with van der Waals surface area (Å²) >= 11 is 0. The molecule has 20 heavy (non-hydrogen) atoms. The van der Waals surface area contributed by atoms with Gasteiger partial charge in [0.05, 0.1) is 0 Å². The smallest absolute Gasteiger partial charge is 0.222 e. The largest absolute Gasteiger partial charge is 0.341 e. The Labute approximate surface area is 122 Å². The molecule has 0 radical (unpaired) electrons. The van der Waals surface area contributed by atoms with Crippen LogP contribution in [0.15, 0.2) is 24.3 Å². The van der Waals surface area contributed by atoms with Gasteiger partial charge in [-0.3, -0.25) is 4.79 Å². The lowest BCUT2D eigenvalue weighted by Crippen LogP contribution is -2.41. The van der Waals surface area contributed by atoms with Gasteiger partial charge in [0.1, 0.15) is 0 Å². The molecule has 1 N–H and O–H groups in total. The molecular formula is C17H26N2O. The molecule has 1 unspecified atom stereocenters. The maximum Gasteiger partial charge on any atom is 0.222 e. The van der Waals surface area contributed by atoms with E-state index in [1.807, 2.05) is 4.90 Å². The highest BCUT2D eigenvalue weighted by atomic mass is 16.2. The van der Waals surface area contributed by atoms with E-state index in [1.54, 1.807) is 0 Å². The molecule has 0 aliphatic carbocycles. The number of nitrogens with one attached hydrogen (secondary N) is 1. The first kappa shape index (κ1) is 15.0. The fourth-order valence-electron chi connectivity index (χ4n) is 2.75. The van der Waals surface area contributed by atoms with Crippen molar-refractivity contribution < 1.29 is 4.79 Å². The Balaban J connectivity index is 1.80. The molecule has 1 saturated heterocycles. The summed E-state index contributed by atoms with van der Waals surface area (Å²) in [5.41, 5.74) is 2.52. The molecule has 1 aromatic rings. The van der Waals surface area contributed by atoms with Crippen LogP contribution in [0.4, 0.5) is 0 Å². The lowest BCUT2D eigenvalue weighted by atomic mass is 10.1. The van der Waals surface area contributed by atoms with Gasteiger partial charge in [-0.1, -0.05) is 29.8 Å². The van der Waals surface area contributed by atoms with Crippen LogP contribution >= 0.6 is 0 Å². The Kier molecular flexibility index (Phi) is 5.60. The number of nitrogens with zero attached hydrogens (tertiary/aromatic N) is 1. The van der Waals surface area contributed by atoms with E-state index in [9.17, 15) is 4.79 Å². The molecule has 3 heteroatoms. The summed E-state index contributed by atoms with van der Waals surface area (Å²) in [7, 11) is 0. The maximum atomic E-state index is 12.3. The van der Waals surface area contributed by atoms with Crippen LogP contribution in [0.1, 0.15) is 37.3 Å². The minimum atomic E-state index is 0.279. The number of hydrogen-bond donors (Lipinski definition) is 1. The van der Waals surface area contributed by atoms with Gasteiger partial charge >= 0.3 is 0 Å². The number of carbonyl (C=O) groups excluding carboxylic acids is 1. The van der Waals surface area contributed by atoms with E-state index in [-0.39, 0.29) is 5.91 Å². The molecule has 1 aliphatic heterocycles. The van der Waals surface area contributed by atoms with Crippen LogP contribution < -0.4 is 5.32 Å². The number of benzene rings is 1. The Hall–Kier alpha value is -1.35. The predicted molar refractivity (Wildman–Crippen MR) is 82.8 cm³/mol. The van der Waals surface area contributed by atoms with E-state index in [2.05, 4.69) is 43.4 Å². The van der Waals surface area contributed by atoms with Crippen LogP contribution in [0.3, 0.4) is 0 Å². The van der Waals surface area contributed by atoms with Crippen molar-refractivity contribution in [1.29, 1.82) is 0 Å². The molecule has 1 heterocycles. The van der Waals surface area contributed by atoms with E-state index in [0.29, 0.717) is 12.5 Å².